The van der Waals surface area contributed by atoms with E-state index in [9.17, 15) is 4.79 Å². The van der Waals surface area contributed by atoms with Crippen molar-refractivity contribution < 1.29 is 9.53 Å². The zero-order chi connectivity index (χ0) is 16.9. The lowest BCUT2D eigenvalue weighted by Crippen LogP contribution is -2.40. The van der Waals surface area contributed by atoms with E-state index >= 15 is 0 Å². The summed E-state index contributed by atoms with van der Waals surface area (Å²) >= 11 is 0. The van der Waals surface area contributed by atoms with E-state index in [2.05, 4.69) is 32.4 Å². The van der Waals surface area contributed by atoms with Crippen molar-refractivity contribution in [2.75, 3.05) is 26.7 Å². The van der Waals surface area contributed by atoms with Crippen LogP contribution in [0, 0.1) is 0 Å². The van der Waals surface area contributed by atoms with Crippen molar-refractivity contribution in [2.45, 2.75) is 38.6 Å². The molecule has 3 heterocycles. The smallest absolute Gasteiger partial charge is 0.231 e. The molecule has 0 spiro atoms. The summed E-state index contributed by atoms with van der Waals surface area (Å²) in [5.74, 6) is 1.20. The Morgan fingerprint density at radius 3 is 3.08 bits per heavy atom. The number of fused-ring (bicyclic) bond motifs is 1. The maximum Gasteiger partial charge on any atom is 0.231 e. The number of nitrogens with one attached hydrogen (secondary N) is 1. The Balaban J connectivity index is 1.53. The minimum absolute atomic E-state index is 0.0394. The van der Waals surface area contributed by atoms with E-state index in [4.69, 9.17) is 4.74 Å². The summed E-state index contributed by atoms with van der Waals surface area (Å²) in [4.78, 5) is 14.5. The molecule has 24 heavy (non-hydrogen) atoms. The second kappa shape index (κ2) is 7.57. The van der Waals surface area contributed by atoms with Gasteiger partial charge in [-0.1, -0.05) is 6.92 Å². The summed E-state index contributed by atoms with van der Waals surface area (Å²) in [7, 11) is 1.56. The molecule has 1 atom stereocenters. The van der Waals surface area contributed by atoms with Crippen molar-refractivity contribution in [2.24, 2.45) is 0 Å². The monoisotopic (exact) mass is 332 g/mol. The number of carbonyl (C=O) groups is 1. The summed E-state index contributed by atoms with van der Waals surface area (Å²) < 4.78 is 6.74. The van der Waals surface area contributed by atoms with Crippen LogP contribution in [0.4, 0.5) is 0 Å². The van der Waals surface area contributed by atoms with Crippen LogP contribution in [-0.2, 0) is 11.2 Å². The highest BCUT2D eigenvalue weighted by Gasteiger charge is 2.23. The van der Waals surface area contributed by atoms with Crippen LogP contribution in [0.1, 0.15) is 32.0 Å². The number of ether oxygens (including phenoxy) is 1. The van der Waals surface area contributed by atoms with Crippen molar-refractivity contribution in [3.63, 3.8) is 0 Å². The van der Waals surface area contributed by atoms with Gasteiger partial charge in [-0.15, -0.1) is 15.3 Å². The SMILES string of the molecule is CCN1CCC[C@@H]1CNC(=O)CCc1nnc2ccc(OC)nn12. The number of aryl methyl sites for hydroxylation is 1. The fourth-order valence-corrected chi connectivity index (χ4v) is 3.17. The third kappa shape index (κ3) is 3.64. The molecule has 0 saturated carbocycles. The molecule has 130 valence electrons. The van der Waals surface area contributed by atoms with Gasteiger partial charge in [0.25, 0.3) is 0 Å². The predicted molar refractivity (Wildman–Crippen MR) is 88.9 cm³/mol. The van der Waals surface area contributed by atoms with E-state index in [-0.39, 0.29) is 5.91 Å². The molecule has 8 heteroatoms. The molecule has 1 aliphatic rings. The van der Waals surface area contributed by atoms with Gasteiger partial charge < -0.3 is 10.1 Å². The Hall–Kier alpha value is -2.22. The lowest BCUT2D eigenvalue weighted by atomic mass is 10.2. The summed E-state index contributed by atoms with van der Waals surface area (Å²) in [6.07, 6.45) is 3.24. The van der Waals surface area contributed by atoms with Gasteiger partial charge in [-0.25, -0.2) is 0 Å². The first-order valence-corrected chi connectivity index (χ1v) is 8.47. The van der Waals surface area contributed by atoms with E-state index < -0.39 is 0 Å². The summed E-state index contributed by atoms with van der Waals surface area (Å²) in [6.45, 7) is 5.06. The zero-order valence-corrected chi connectivity index (χ0v) is 14.2. The van der Waals surface area contributed by atoms with E-state index in [1.807, 2.05) is 0 Å². The molecule has 1 amide bonds. The van der Waals surface area contributed by atoms with Gasteiger partial charge in [0.2, 0.25) is 11.8 Å². The average Bonchev–Trinajstić information content (AvgIpc) is 3.23. The molecule has 2 aromatic rings. The summed E-state index contributed by atoms with van der Waals surface area (Å²) in [5, 5.41) is 15.5. The Morgan fingerprint density at radius 1 is 1.42 bits per heavy atom. The molecule has 1 aliphatic heterocycles. The predicted octanol–water partition coefficient (Wildman–Crippen LogP) is 0.666. The van der Waals surface area contributed by atoms with Crippen molar-refractivity contribution >= 4 is 11.6 Å². The number of nitrogens with zero attached hydrogens (tertiary/aromatic N) is 5. The number of amides is 1. The molecule has 0 aliphatic carbocycles. The van der Waals surface area contributed by atoms with Crippen LogP contribution < -0.4 is 10.1 Å². The van der Waals surface area contributed by atoms with Crippen molar-refractivity contribution in [1.82, 2.24) is 30.0 Å². The molecular formula is C16H24N6O2. The number of hydrogen-bond acceptors (Lipinski definition) is 6. The Labute approximate surface area is 141 Å². The van der Waals surface area contributed by atoms with Crippen LogP contribution in [0.25, 0.3) is 5.65 Å². The van der Waals surface area contributed by atoms with Gasteiger partial charge in [-0.3, -0.25) is 9.69 Å². The number of methoxy groups -OCH3 is 1. The second-order valence-electron chi connectivity index (χ2n) is 5.99. The molecule has 1 saturated heterocycles. The number of aromatic nitrogens is 4. The number of likely N-dealkylation sites (N-methyl/N-ethyl adjacent to an activating group) is 1. The standard InChI is InChI=1S/C16H24N6O2/c1-3-21-10-4-5-12(21)11-17-15(23)8-6-13-18-19-14-7-9-16(24-2)20-22(13)14/h7,9,12H,3-6,8,10-11H2,1-2H3,(H,17,23)/t12-/m1/s1. The van der Waals surface area contributed by atoms with Crippen LogP contribution in [-0.4, -0.2) is 63.4 Å². The average molecular weight is 332 g/mol. The third-order valence-electron chi connectivity index (χ3n) is 4.53. The van der Waals surface area contributed by atoms with Gasteiger partial charge in [0.05, 0.1) is 7.11 Å². The summed E-state index contributed by atoms with van der Waals surface area (Å²) in [5.41, 5.74) is 0.649. The van der Waals surface area contributed by atoms with E-state index in [0.717, 1.165) is 26.1 Å². The maximum atomic E-state index is 12.1. The number of likely N-dealkylation sites (tertiary alicyclic amines) is 1. The van der Waals surface area contributed by atoms with E-state index in [0.29, 0.717) is 36.2 Å². The molecule has 0 radical (unpaired) electrons. The number of carbonyl (C=O) groups excluding carboxylic acids is 1. The highest BCUT2D eigenvalue weighted by molar-refractivity contribution is 5.76. The Kier molecular flexibility index (Phi) is 5.24. The van der Waals surface area contributed by atoms with Gasteiger partial charge in [-0.05, 0) is 32.0 Å². The van der Waals surface area contributed by atoms with Gasteiger partial charge in [-0.2, -0.15) is 4.52 Å². The molecular weight excluding hydrogens is 308 g/mol. The van der Waals surface area contributed by atoms with Gasteiger partial charge in [0.1, 0.15) is 0 Å². The van der Waals surface area contributed by atoms with Crippen LogP contribution in [0.2, 0.25) is 0 Å². The first kappa shape index (κ1) is 16.6. The first-order chi connectivity index (χ1) is 11.7. The highest BCUT2D eigenvalue weighted by atomic mass is 16.5. The molecule has 0 aromatic carbocycles. The summed E-state index contributed by atoms with van der Waals surface area (Å²) in [6, 6.07) is 4.00. The second-order valence-corrected chi connectivity index (χ2v) is 5.99. The number of rotatable bonds is 7. The topological polar surface area (TPSA) is 84.7 Å². The fraction of sp³-hybridized carbons (Fsp3) is 0.625. The van der Waals surface area contributed by atoms with Crippen LogP contribution in [0.3, 0.4) is 0 Å². The molecule has 1 N–H and O–H groups in total. The molecule has 2 aromatic heterocycles. The quantitative estimate of drug-likeness (QED) is 0.802. The Morgan fingerprint density at radius 2 is 2.29 bits per heavy atom. The van der Waals surface area contributed by atoms with Crippen molar-refractivity contribution in [3.8, 4) is 5.88 Å². The zero-order valence-electron chi connectivity index (χ0n) is 14.2. The van der Waals surface area contributed by atoms with Gasteiger partial charge in [0, 0.05) is 31.5 Å². The fourth-order valence-electron chi connectivity index (χ4n) is 3.17. The van der Waals surface area contributed by atoms with Crippen molar-refractivity contribution in [1.29, 1.82) is 0 Å². The molecule has 0 unspecified atom stereocenters. The lowest BCUT2D eigenvalue weighted by molar-refractivity contribution is -0.121. The van der Waals surface area contributed by atoms with E-state index in [1.165, 1.54) is 6.42 Å². The van der Waals surface area contributed by atoms with Crippen LogP contribution >= 0.6 is 0 Å². The van der Waals surface area contributed by atoms with E-state index in [1.54, 1.807) is 23.8 Å². The van der Waals surface area contributed by atoms with Crippen molar-refractivity contribution in [3.05, 3.63) is 18.0 Å². The van der Waals surface area contributed by atoms with Gasteiger partial charge in [0.15, 0.2) is 11.5 Å². The number of hydrogen-bond donors (Lipinski definition) is 1. The lowest BCUT2D eigenvalue weighted by Gasteiger charge is -2.22. The minimum Gasteiger partial charge on any atom is -0.480 e. The normalized spacial score (nSPS) is 18.2. The van der Waals surface area contributed by atoms with Crippen LogP contribution in [0.5, 0.6) is 5.88 Å². The Bertz CT molecular complexity index is 701. The highest BCUT2D eigenvalue weighted by Crippen LogP contribution is 2.15. The molecule has 3 rings (SSSR count). The molecule has 1 fully saturated rings. The maximum absolute atomic E-state index is 12.1. The first-order valence-electron chi connectivity index (χ1n) is 8.47. The van der Waals surface area contributed by atoms with Gasteiger partial charge >= 0.3 is 0 Å². The largest absolute Gasteiger partial charge is 0.480 e. The third-order valence-corrected chi connectivity index (χ3v) is 4.53. The van der Waals surface area contributed by atoms with Crippen LogP contribution in [0.15, 0.2) is 12.1 Å². The molecule has 8 nitrogen and oxygen atoms in total. The minimum atomic E-state index is 0.0394. The molecule has 0 bridgehead atoms.